The monoisotopic (exact) mass is 196 g/mol. The summed E-state index contributed by atoms with van der Waals surface area (Å²) in [7, 11) is 0. The van der Waals surface area contributed by atoms with Gasteiger partial charge in [0.1, 0.15) is 0 Å². The molecule has 0 aliphatic carbocycles. The van der Waals surface area contributed by atoms with Gasteiger partial charge >= 0.3 is 0 Å². The molecule has 68 valence electrons. The van der Waals surface area contributed by atoms with Gasteiger partial charge in [-0.1, -0.05) is 11.6 Å². The van der Waals surface area contributed by atoms with Crippen molar-refractivity contribution in [3.05, 3.63) is 29.4 Å². The molecule has 3 nitrogen and oxygen atoms in total. The number of aromatic nitrogens is 2. The maximum atomic E-state index is 8.71. The standard InChI is InChI=1S/C9H9ClN2O/c10-8-1-2-9-7(5-8)6-12(11-9)3-4-13/h1-2,5-6,13H,3-4H2. The Morgan fingerprint density at radius 3 is 3.08 bits per heavy atom. The first-order valence-corrected chi connectivity index (χ1v) is 4.41. The van der Waals surface area contributed by atoms with Crippen molar-refractivity contribution in [2.75, 3.05) is 6.61 Å². The lowest BCUT2D eigenvalue weighted by molar-refractivity contribution is 0.270. The van der Waals surface area contributed by atoms with Crippen LogP contribution >= 0.6 is 11.6 Å². The van der Waals surface area contributed by atoms with Crippen molar-refractivity contribution in [2.45, 2.75) is 6.54 Å². The first-order chi connectivity index (χ1) is 6.29. The minimum atomic E-state index is 0.0989. The fourth-order valence-corrected chi connectivity index (χ4v) is 1.45. The molecule has 1 aromatic heterocycles. The zero-order chi connectivity index (χ0) is 9.26. The van der Waals surface area contributed by atoms with E-state index in [2.05, 4.69) is 5.10 Å². The Hall–Kier alpha value is -1.06. The van der Waals surface area contributed by atoms with E-state index in [1.54, 1.807) is 10.7 Å². The molecule has 0 aliphatic heterocycles. The number of benzene rings is 1. The van der Waals surface area contributed by atoms with Crippen molar-refractivity contribution in [1.29, 1.82) is 0 Å². The fraction of sp³-hybridized carbons (Fsp3) is 0.222. The highest BCUT2D eigenvalue weighted by Gasteiger charge is 1.99. The molecule has 0 radical (unpaired) electrons. The maximum absolute atomic E-state index is 8.71. The van der Waals surface area contributed by atoms with Crippen LogP contribution in [0.5, 0.6) is 0 Å². The highest BCUT2D eigenvalue weighted by atomic mass is 35.5. The van der Waals surface area contributed by atoms with Crippen LogP contribution in [0.25, 0.3) is 10.9 Å². The van der Waals surface area contributed by atoms with Gasteiger partial charge in [-0.3, -0.25) is 4.68 Å². The second-order valence-corrected chi connectivity index (χ2v) is 3.26. The van der Waals surface area contributed by atoms with Crippen LogP contribution < -0.4 is 0 Å². The second-order valence-electron chi connectivity index (χ2n) is 2.82. The van der Waals surface area contributed by atoms with E-state index in [0.29, 0.717) is 11.6 Å². The molecule has 0 saturated carbocycles. The molecule has 0 amide bonds. The summed E-state index contributed by atoms with van der Waals surface area (Å²) >= 11 is 5.82. The van der Waals surface area contributed by atoms with E-state index >= 15 is 0 Å². The fourth-order valence-electron chi connectivity index (χ4n) is 1.26. The Morgan fingerprint density at radius 2 is 2.31 bits per heavy atom. The summed E-state index contributed by atoms with van der Waals surface area (Å²) in [6.07, 6.45) is 1.87. The molecule has 0 saturated heterocycles. The molecular formula is C9H9ClN2O. The van der Waals surface area contributed by atoms with Gasteiger partial charge in [0.25, 0.3) is 0 Å². The molecule has 13 heavy (non-hydrogen) atoms. The van der Waals surface area contributed by atoms with Gasteiger partial charge < -0.3 is 5.11 Å². The van der Waals surface area contributed by atoms with Gasteiger partial charge in [0.2, 0.25) is 0 Å². The van der Waals surface area contributed by atoms with Crippen molar-refractivity contribution in [1.82, 2.24) is 9.78 Å². The quantitative estimate of drug-likeness (QED) is 0.794. The molecule has 0 spiro atoms. The number of aliphatic hydroxyl groups excluding tert-OH is 1. The third kappa shape index (κ3) is 1.66. The van der Waals surface area contributed by atoms with Crippen LogP contribution in [0.4, 0.5) is 0 Å². The normalized spacial score (nSPS) is 10.9. The molecule has 4 heteroatoms. The van der Waals surface area contributed by atoms with Crippen LogP contribution in [0.3, 0.4) is 0 Å². The van der Waals surface area contributed by atoms with Crippen molar-refractivity contribution in [3.8, 4) is 0 Å². The number of nitrogens with zero attached hydrogens (tertiary/aromatic N) is 2. The number of hydrogen-bond acceptors (Lipinski definition) is 2. The average Bonchev–Trinajstić information content (AvgIpc) is 2.46. The Bertz CT molecular complexity index is 424. The molecule has 0 unspecified atom stereocenters. The highest BCUT2D eigenvalue weighted by molar-refractivity contribution is 6.31. The molecule has 1 heterocycles. The van der Waals surface area contributed by atoms with Gasteiger partial charge in [-0.2, -0.15) is 5.10 Å². The van der Waals surface area contributed by atoms with Crippen LogP contribution in [0.1, 0.15) is 0 Å². The number of rotatable bonds is 2. The Kier molecular flexibility index (Phi) is 2.20. The predicted octanol–water partition coefficient (Wildman–Crippen LogP) is 1.68. The number of halogens is 1. The minimum Gasteiger partial charge on any atom is -0.394 e. The third-order valence-electron chi connectivity index (χ3n) is 1.84. The Labute approximate surface area is 80.5 Å². The average molecular weight is 197 g/mol. The summed E-state index contributed by atoms with van der Waals surface area (Å²) < 4.78 is 1.71. The first kappa shape index (κ1) is 8.53. The minimum absolute atomic E-state index is 0.0989. The summed E-state index contributed by atoms with van der Waals surface area (Å²) in [6.45, 7) is 0.619. The van der Waals surface area contributed by atoms with E-state index in [-0.39, 0.29) is 6.61 Å². The Balaban J connectivity index is 2.49. The van der Waals surface area contributed by atoms with Gasteiger partial charge in [-0.15, -0.1) is 0 Å². The lowest BCUT2D eigenvalue weighted by Gasteiger charge is -1.92. The number of aliphatic hydroxyl groups is 1. The predicted molar refractivity (Wildman–Crippen MR) is 51.8 cm³/mol. The van der Waals surface area contributed by atoms with Gasteiger partial charge in [-0.05, 0) is 18.2 Å². The van der Waals surface area contributed by atoms with Crippen molar-refractivity contribution in [2.24, 2.45) is 0 Å². The second kappa shape index (κ2) is 3.36. The van der Waals surface area contributed by atoms with E-state index in [1.165, 1.54) is 0 Å². The lowest BCUT2D eigenvalue weighted by Crippen LogP contribution is -2.01. The van der Waals surface area contributed by atoms with E-state index in [9.17, 15) is 0 Å². The van der Waals surface area contributed by atoms with E-state index in [0.717, 1.165) is 10.9 Å². The molecule has 0 atom stereocenters. The third-order valence-corrected chi connectivity index (χ3v) is 2.08. The molecule has 0 aliphatic rings. The van der Waals surface area contributed by atoms with E-state index in [4.69, 9.17) is 16.7 Å². The van der Waals surface area contributed by atoms with Crippen LogP contribution in [0.2, 0.25) is 5.02 Å². The summed E-state index contributed by atoms with van der Waals surface area (Å²) in [6, 6.07) is 5.53. The molecule has 2 aromatic rings. The zero-order valence-electron chi connectivity index (χ0n) is 6.94. The van der Waals surface area contributed by atoms with Crippen LogP contribution in [0.15, 0.2) is 24.4 Å². The largest absolute Gasteiger partial charge is 0.394 e. The molecule has 0 bridgehead atoms. The summed E-state index contributed by atoms with van der Waals surface area (Å²) in [5.74, 6) is 0. The van der Waals surface area contributed by atoms with E-state index < -0.39 is 0 Å². The van der Waals surface area contributed by atoms with Gasteiger partial charge in [0, 0.05) is 16.6 Å². The molecular weight excluding hydrogens is 188 g/mol. The number of fused-ring (bicyclic) bond motifs is 1. The van der Waals surface area contributed by atoms with Crippen LogP contribution in [-0.2, 0) is 6.54 Å². The molecule has 2 rings (SSSR count). The van der Waals surface area contributed by atoms with E-state index in [1.807, 2.05) is 18.3 Å². The number of hydrogen-bond donors (Lipinski definition) is 1. The molecule has 0 fully saturated rings. The Morgan fingerprint density at radius 1 is 1.46 bits per heavy atom. The van der Waals surface area contributed by atoms with Gasteiger partial charge in [0.15, 0.2) is 0 Å². The maximum Gasteiger partial charge on any atom is 0.0924 e. The summed E-state index contributed by atoms with van der Waals surface area (Å²) in [4.78, 5) is 0. The zero-order valence-corrected chi connectivity index (χ0v) is 7.70. The smallest absolute Gasteiger partial charge is 0.0924 e. The van der Waals surface area contributed by atoms with Crippen LogP contribution in [0, 0.1) is 0 Å². The first-order valence-electron chi connectivity index (χ1n) is 4.03. The van der Waals surface area contributed by atoms with Gasteiger partial charge in [0.05, 0.1) is 18.7 Å². The SMILES string of the molecule is OCCn1cc2cc(Cl)ccc2n1. The summed E-state index contributed by atoms with van der Waals surface area (Å²) in [5, 5.41) is 14.7. The van der Waals surface area contributed by atoms with Crippen molar-refractivity contribution < 1.29 is 5.11 Å². The molecule has 1 N–H and O–H groups in total. The lowest BCUT2D eigenvalue weighted by atomic mass is 10.3. The topological polar surface area (TPSA) is 38.0 Å². The summed E-state index contributed by atoms with van der Waals surface area (Å²) in [5.41, 5.74) is 0.901. The van der Waals surface area contributed by atoms with Crippen molar-refractivity contribution in [3.63, 3.8) is 0 Å². The molecule has 1 aromatic carbocycles. The van der Waals surface area contributed by atoms with Crippen LogP contribution in [-0.4, -0.2) is 21.5 Å². The highest BCUT2D eigenvalue weighted by Crippen LogP contribution is 2.17. The van der Waals surface area contributed by atoms with Crippen molar-refractivity contribution >= 4 is 22.5 Å². The van der Waals surface area contributed by atoms with Gasteiger partial charge in [-0.25, -0.2) is 0 Å².